The van der Waals surface area contributed by atoms with Crippen LogP contribution in [0.1, 0.15) is 57.4 Å². The smallest absolute Gasteiger partial charge is 0.156 e. The van der Waals surface area contributed by atoms with Crippen molar-refractivity contribution in [2.45, 2.75) is 57.5 Å². The molecule has 0 aromatic heterocycles. The summed E-state index contributed by atoms with van der Waals surface area (Å²) < 4.78 is 0. The van der Waals surface area contributed by atoms with E-state index < -0.39 is 5.60 Å². The molecule has 3 rings (SSSR count). The van der Waals surface area contributed by atoms with E-state index in [1.54, 1.807) is 4.90 Å². The Hall–Kier alpha value is -1.30. The maximum absolute atomic E-state index is 11.7. The van der Waals surface area contributed by atoms with Crippen LogP contribution >= 0.6 is 0 Å². The van der Waals surface area contributed by atoms with Gasteiger partial charge in [-0.05, 0) is 30.7 Å². The summed E-state index contributed by atoms with van der Waals surface area (Å²) >= 11 is 0. The van der Waals surface area contributed by atoms with E-state index >= 15 is 0 Å². The van der Waals surface area contributed by atoms with E-state index in [4.69, 9.17) is 0 Å². The van der Waals surface area contributed by atoms with Crippen LogP contribution in [-0.4, -0.2) is 24.7 Å². The quantitative estimate of drug-likeness (QED) is 0.821. The summed E-state index contributed by atoms with van der Waals surface area (Å²) in [5, 5.41) is 11.7. The molecule has 1 saturated carbocycles. The van der Waals surface area contributed by atoms with Crippen LogP contribution in [0.25, 0.3) is 0 Å². The summed E-state index contributed by atoms with van der Waals surface area (Å²) in [7, 11) is 0. The van der Waals surface area contributed by atoms with Gasteiger partial charge < -0.3 is 10.0 Å². The van der Waals surface area contributed by atoms with Crippen molar-refractivity contribution in [3.05, 3.63) is 35.9 Å². The van der Waals surface area contributed by atoms with Gasteiger partial charge in [0, 0.05) is 18.3 Å². The normalized spacial score (nSPS) is 23.2. The fraction of sp³-hybridized carbons (Fsp3) is 0.619. The van der Waals surface area contributed by atoms with Crippen molar-refractivity contribution >= 4 is 0 Å². The third kappa shape index (κ3) is 3.18. The number of benzene rings is 1. The lowest BCUT2D eigenvalue weighted by atomic mass is 9.65. The van der Waals surface area contributed by atoms with E-state index in [9.17, 15) is 5.11 Å². The zero-order chi connectivity index (χ0) is 16.2. The van der Waals surface area contributed by atoms with Crippen LogP contribution in [-0.2, 0) is 5.60 Å². The van der Waals surface area contributed by atoms with Gasteiger partial charge in [0.05, 0.1) is 13.1 Å². The number of hydrogen-bond donors (Lipinski definition) is 2. The molecule has 1 saturated heterocycles. The van der Waals surface area contributed by atoms with Crippen molar-refractivity contribution in [1.29, 1.82) is 0 Å². The van der Waals surface area contributed by atoms with Crippen LogP contribution in [0.3, 0.4) is 0 Å². The number of rotatable bonds is 4. The van der Waals surface area contributed by atoms with Gasteiger partial charge in [0.2, 0.25) is 0 Å². The SMILES string of the molecule is CCC1([C@](O)(C#CC[NH+]2CCCC2)c2ccccc2)CCCC1. The summed E-state index contributed by atoms with van der Waals surface area (Å²) in [6, 6.07) is 10.2. The molecule has 124 valence electrons. The number of quaternary nitrogens is 1. The molecule has 2 heteroatoms. The van der Waals surface area contributed by atoms with Gasteiger partial charge in [-0.15, -0.1) is 0 Å². The number of hydrogen-bond acceptors (Lipinski definition) is 1. The minimum absolute atomic E-state index is 0.0817. The largest absolute Gasteiger partial charge is 0.373 e. The number of likely N-dealkylation sites (tertiary alicyclic amines) is 1. The molecule has 2 nitrogen and oxygen atoms in total. The van der Waals surface area contributed by atoms with Gasteiger partial charge in [0.15, 0.2) is 5.60 Å². The molecule has 2 N–H and O–H groups in total. The maximum Gasteiger partial charge on any atom is 0.156 e. The first-order valence-corrected chi connectivity index (χ1v) is 9.32. The van der Waals surface area contributed by atoms with Gasteiger partial charge in [0.1, 0.15) is 6.54 Å². The van der Waals surface area contributed by atoms with Crippen LogP contribution in [0.2, 0.25) is 0 Å². The van der Waals surface area contributed by atoms with Crippen LogP contribution in [0, 0.1) is 17.3 Å². The van der Waals surface area contributed by atoms with Crippen LogP contribution in [0.4, 0.5) is 0 Å². The molecule has 2 fully saturated rings. The Balaban J connectivity index is 1.91. The van der Waals surface area contributed by atoms with Crippen LogP contribution < -0.4 is 4.90 Å². The second-order valence-corrected chi connectivity index (χ2v) is 7.35. The van der Waals surface area contributed by atoms with Crippen molar-refractivity contribution in [2.75, 3.05) is 19.6 Å². The van der Waals surface area contributed by atoms with E-state index in [1.165, 1.54) is 38.8 Å². The Morgan fingerprint density at radius 3 is 2.35 bits per heavy atom. The summed E-state index contributed by atoms with van der Waals surface area (Å²) in [6.45, 7) is 5.55. The summed E-state index contributed by atoms with van der Waals surface area (Å²) in [6.07, 6.45) is 8.21. The van der Waals surface area contributed by atoms with Gasteiger partial charge in [-0.3, -0.25) is 0 Å². The van der Waals surface area contributed by atoms with E-state index in [-0.39, 0.29) is 5.41 Å². The molecule has 2 aliphatic rings. The number of aliphatic hydroxyl groups is 1. The lowest BCUT2D eigenvalue weighted by Crippen LogP contribution is -3.09. The van der Waals surface area contributed by atoms with Gasteiger partial charge in [-0.2, -0.15) is 0 Å². The van der Waals surface area contributed by atoms with E-state index in [0.717, 1.165) is 31.4 Å². The minimum atomic E-state index is -1.00. The molecule has 1 aliphatic heterocycles. The molecule has 1 aromatic rings. The van der Waals surface area contributed by atoms with Gasteiger partial charge in [-0.1, -0.05) is 56.0 Å². The third-order valence-electron chi connectivity index (χ3n) is 6.11. The van der Waals surface area contributed by atoms with Gasteiger partial charge in [0.25, 0.3) is 0 Å². The van der Waals surface area contributed by atoms with Crippen molar-refractivity contribution in [1.82, 2.24) is 0 Å². The second-order valence-electron chi connectivity index (χ2n) is 7.35. The Bertz CT molecular complexity index is 558. The second kappa shape index (κ2) is 7.07. The molecule has 0 spiro atoms. The molecule has 23 heavy (non-hydrogen) atoms. The minimum Gasteiger partial charge on any atom is -0.373 e. The standard InChI is InChI=1S/C21H29NO/c1-2-20(13-6-7-14-20)21(23,19-11-4-3-5-12-19)15-10-18-22-16-8-9-17-22/h3-5,11-12,23H,2,6-9,13-14,16-18H2,1H3/p+1/t21-/m0/s1. The fourth-order valence-corrected chi connectivity index (χ4v) is 4.56. The maximum atomic E-state index is 11.7. The van der Waals surface area contributed by atoms with E-state index in [0.29, 0.717) is 0 Å². The Labute approximate surface area is 140 Å². The predicted molar refractivity (Wildman–Crippen MR) is 94.1 cm³/mol. The molecule has 1 aliphatic carbocycles. The number of nitrogens with one attached hydrogen (secondary N) is 1. The van der Waals surface area contributed by atoms with Crippen LogP contribution in [0.15, 0.2) is 30.3 Å². The van der Waals surface area contributed by atoms with Crippen molar-refractivity contribution in [3.63, 3.8) is 0 Å². The van der Waals surface area contributed by atoms with E-state index in [1.807, 2.05) is 30.3 Å². The lowest BCUT2D eigenvalue weighted by Gasteiger charge is -2.41. The summed E-state index contributed by atoms with van der Waals surface area (Å²) in [4.78, 5) is 1.57. The van der Waals surface area contributed by atoms with Gasteiger partial charge in [-0.25, -0.2) is 0 Å². The predicted octanol–water partition coefficient (Wildman–Crippen LogP) is 2.53. The Kier molecular flexibility index (Phi) is 5.09. The first kappa shape index (κ1) is 16.6. The molecule has 1 aromatic carbocycles. The Morgan fingerprint density at radius 1 is 1.09 bits per heavy atom. The fourth-order valence-electron chi connectivity index (χ4n) is 4.56. The highest BCUT2D eigenvalue weighted by Gasteiger charge is 2.50. The molecule has 0 radical (unpaired) electrons. The third-order valence-corrected chi connectivity index (χ3v) is 6.11. The van der Waals surface area contributed by atoms with Crippen molar-refractivity contribution < 1.29 is 10.0 Å². The molecule has 0 unspecified atom stereocenters. The van der Waals surface area contributed by atoms with Crippen LogP contribution in [0.5, 0.6) is 0 Å². The molecule has 1 heterocycles. The monoisotopic (exact) mass is 312 g/mol. The van der Waals surface area contributed by atoms with E-state index in [2.05, 4.69) is 18.8 Å². The zero-order valence-electron chi connectivity index (χ0n) is 14.4. The highest BCUT2D eigenvalue weighted by atomic mass is 16.3. The van der Waals surface area contributed by atoms with Gasteiger partial charge >= 0.3 is 0 Å². The molecular formula is C21H30NO+. The first-order valence-electron chi connectivity index (χ1n) is 9.32. The molecular weight excluding hydrogens is 282 g/mol. The molecule has 0 bridgehead atoms. The highest BCUT2D eigenvalue weighted by Crippen LogP contribution is 2.53. The average molecular weight is 312 g/mol. The van der Waals surface area contributed by atoms with Crippen molar-refractivity contribution in [2.24, 2.45) is 5.41 Å². The molecule has 1 atom stereocenters. The van der Waals surface area contributed by atoms with Crippen molar-refractivity contribution in [3.8, 4) is 11.8 Å². The first-order chi connectivity index (χ1) is 11.2. The summed E-state index contributed by atoms with van der Waals surface area (Å²) in [5.74, 6) is 6.72. The zero-order valence-corrected chi connectivity index (χ0v) is 14.4. The summed E-state index contributed by atoms with van der Waals surface area (Å²) in [5.41, 5.74) is -0.104. The average Bonchev–Trinajstić information content (AvgIpc) is 3.28. The Morgan fingerprint density at radius 2 is 1.74 bits per heavy atom. The topological polar surface area (TPSA) is 24.7 Å². The molecule has 0 amide bonds. The lowest BCUT2D eigenvalue weighted by molar-refractivity contribution is -0.879. The highest BCUT2D eigenvalue weighted by molar-refractivity contribution is 5.36.